The maximum absolute atomic E-state index is 8.70. The number of hydrogen-bond acceptors (Lipinski definition) is 4. The van der Waals surface area contributed by atoms with Crippen LogP contribution in [0, 0.1) is 11.3 Å². The number of nitriles is 1. The Balaban J connectivity index is 2.26. The van der Waals surface area contributed by atoms with E-state index in [9.17, 15) is 0 Å². The first kappa shape index (κ1) is 13.1. The second-order valence-corrected chi connectivity index (χ2v) is 5.85. The molecule has 0 radical (unpaired) electrons. The lowest BCUT2D eigenvalue weighted by molar-refractivity contribution is 0.340. The van der Waals surface area contributed by atoms with E-state index in [2.05, 4.69) is 27.0 Å². The van der Waals surface area contributed by atoms with Crippen molar-refractivity contribution >= 4 is 27.3 Å². The van der Waals surface area contributed by atoms with Crippen LogP contribution in [0.5, 0.6) is 5.75 Å². The molecule has 0 bridgehead atoms. The van der Waals surface area contributed by atoms with E-state index in [0.29, 0.717) is 13.0 Å². The summed E-state index contributed by atoms with van der Waals surface area (Å²) in [5.74, 6) is 0.856. The SMILES string of the molecule is CCOc1ccc(-c2nc(CC#N)c(Br)s2)cc1. The highest BCUT2D eigenvalue weighted by Crippen LogP contribution is 2.32. The summed E-state index contributed by atoms with van der Waals surface area (Å²) in [6.07, 6.45) is 0.327. The molecule has 0 saturated heterocycles. The van der Waals surface area contributed by atoms with Gasteiger partial charge in [-0.2, -0.15) is 5.26 Å². The Morgan fingerprint density at radius 2 is 2.11 bits per heavy atom. The molecule has 0 saturated carbocycles. The fourth-order valence-corrected chi connectivity index (χ4v) is 3.00. The second-order valence-electron chi connectivity index (χ2n) is 3.53. The van der Waals surface area contributed by atoms with Crippen LogP contribution in [0.2, 0.25) is 0 Å². The van der Waals surface area contributed by atoms with Crippen molar-refractivity contribution in [3.8, 4) is 22.4 Å². The first-order valence-corrected chi connectivity index (χ1v) is 7.11. The standard InChI is InChI=1S/C13H11BrN2OS/c1-2-17-10-5-3-9(4-6-10)13-16-11(7-8-15)12(14)18-13/h3-6H,2,7H2,1H3. The molecule has 2 rings (SSSR count). The highest BCUT2D eigenvalue weighted by molar-refractivity contribution is 9.11. The minimum Gasteiger partial charge on any atom is -0.494 e. The first-order valence-electron chi connectivity index (χ1n) is 5.50. The van der Waals surface area contributed by atoms with Gasteiger partial charge in [0.05, 0.1) is 28.6 Å². The van der Waals surface area contributed by atoms with Crippen LogP contribution in [-0.4, -0.2) is 11.6 Å². The zero-order valence-electron chi connectivity index (χ0n) is 9.81. The number of rotatable bonds is 4. The van der Waals surface area contributed by atoms with Crippen LogP contribution in [-0.2, 0) is 6.42 Å². The maximum Gasteiger partial charge on any atom is 0.124 e. The van der Waals surface area contributed by atoms with Gasteiger partial charge >= 0.3 is 0 Å². The molecule has 0 aliphatic carbocycles. The Bertz CT molecular complexity index is 572. The smallest absolute Gasteiger partial charge is 0.124 e. The average molecular weight is 323 g/mol. The highest BCUT2D eigenvalue weighted by atomic mass is 79.9. The largest absolute Gasteiger partial charge is 0.494 e. The number of ether oxygens (including phenoxy) is 1. The molecular formula is C13H11BrN2OS. The summed E-state index contributed by atoms with van der Waals surface area (Å²) in [5.41, 5.74) is 1.83. The van der Waals surface area contributed by atoms with Crippen LogP contribution in [0.15, 0.2) is 28.1 Å². The molecule has 92 valence electrons. The van der Waals surface area contributed by atoms with E-state index in [4.69, 9.17) is 10.00 Å². The summed E-state index contributed by atoms with van der Waals surface area (Å²) in [6, 6.07) is 9.92. The Hall–Kier alpha value is -1.38. The van der Waals surface area contributed by atoms with Gasteiger partial charge in [0.15, 0.2) is 0 Å². The van der Waals surface area contributed by atoms with Gasteiger partial charge in [-0.1, -0.05) is 0 Å². The normalized spacial score (nSPS) is 10.1. The third-order valence-electron chi connectivity index (χ3n) is 2.31. The number of benzene rings is 1. The maximum atomic E-state index is 8.70. The summed E-state index contributed by atoms with van der Waals surface area (Å²) in [6.45, 7) is 2.62. The molecule has 1 aromatic heterocycles. The van der Waals surface area contributed by atoms with Gasteiger partial charge in [-0.25, -0.2) is 4.98 Å². The molecule has 0 amide bonds. The predicted molar refractivity (Wildman–Crippen MR) is 75.7 cm³/mol. The van der Waals surface area contributed by atoms with Crippen LogP contribution < -0.4 is 4.74 Å². The van der Waals surface area contributed by atoms with E-state index in [0.717, 1.165) is 25.8 Å². The van der Waals surface area contributed by atoms with E-state index in [1.165, 1.54) is 0 Å². The number of aromatic nitrogens is 1. The first-order chi connectivity index (χ1) is 8.74. The second kappa shape index (κ2) is 5.98. The van der Waals surface area contributed by atoms with Gasteiger partial charge in [0.1, 0.15) is 10.8 Å². The molecule has 0 fully saturated rings. The van der Waals surface area contributed by atoms with Crippen molar-refractivity contribution in [1.29, 1.82) is 5.26 Å². The Kier molecular flexibility index (Phi) is 4.34. The molecule has 1 heterocycles. The van der Waals surface area contributed by atoms with Crippen molar-refractivity contribution < 1.29 is 4.74 Å². The van der Waals surface area contributed by atoms with Crippen LogP contribution in [0.4, 0.5) is 0 Å². The van der Waals surface area contributed by atoms with E-state index in [-0.39, 0.29) is 0 Å². The molecule has 0 atom stereocenters. The Morgan fingerprint density at radius 3 is 2.72 bits per heavy atom. The van der Waals surface area contributed by atoms with E-state index in [1.807, 2.05) is 31.2 Å². The Morgan fingerprint density at radius 1 is 1.39 bits per heavy atom. The number of hydrogen-bond donors (Lipinski definition) is 0. The molecule has 3 nitrogen and oxygen atoms in total. The van der Waals surface area contributed by atoms with E-state index in [1.54, 1.807) is 11.3 Å². The van der Waals surface area contributed by atoms with Crippen molar-refractivity contribution in [1.82, 2.24) is 4.98 Å². The minimum absolute atomic E-state index is 0.327. The van der Waals surface area contributed by atoms with Crippen molar-refractivity contribution in [3.05, 3.63) is 33.7 Å². The number of halogens is 1. The third kappa shape index (κ3) is 2.89. The summed E-state index contributed by atoms with van der Waals surface area (Å²) in [4.78, 5) is 4.45. The summed E-state index contributed by atoms with van der Waals surface area (Å²) < 4.78 is 6.32. The van der Waals surface area contributed by atoms with Crippen molar-refractivity contribution in [3.63, 3.8) is 0 Å². The third-order valence-corrected chi connectivity index (χ3v) is 4.19. The van der Waals surface area contributed by atoms with Crippen molar-refractivity contribution in [2.24, 2.45) is 0 Å². The van der Waals surface area contributed by atoms with Gasteiger partial charge in [0, 0.05) is 5.56 Å². The monoisotopic (exact) mass is 322 g/mol. The van der Waals surface area contributed by atoms with E-state index < -0.39 is 0 Å². The molecule has 18 heavy (non-hydrogen) atoms. The van der Waals surface area contributed by atoms with Gasteiger partial charge in [0.25, 0.3) is 0 Å². The fourth-order valence-electron chi connectivity index (χ4n) is 1.50. The summed E-state index contributed by atoms with van der Waals surface area (Å²) >= 11 is 4.98. The average Bonchev–Trinajstić information content (AvgIpc) is 2.73. The van der Waals surface area contributed by atoms with Crippen LogP contribution in [0.1, 0.15) is 12.6 Å². The molecule has 0 unspecified atom stereocenters. The number of nitrogens with zero attached hydrogens (tertiary/aromatic N) is 2. The van der Waals surface area contributed by atoms with Crippen molar-refractivity contribution in [2.75, 3.05) is 6.61 Å². The lowest BCUT2D eigenvalue weighted by Gasteiger charge is -2.02. The van der Waals surface area contributed by atoms with Crippen molar-refractivity contribution in [2.45, 2.75) is 13.3 Å². The molecule has 0 N–H and O–H groups in total. The number of thiazole rings is 1. The molecular weight excluding hydrogens is 312 g/mol. The quantitative estimate of drug-likeness (QED) is 0.853. The zero-order valence-corrected chi connectivity index (χ0v) is 12.2. The molecule has 1 aromatic carbocycles. The molecule has 5 heteroatoms. The highest BCUT2D eigenvalue weighted by Gasteiger charge is 2.10. The van der Waals surface area contributed by atoms with Gasteiger partial charge in [0.2, 0.25) is 0 Å². The van der Waals surface area contributed by atoms with Crippen LogP contribution >= 0.6 is 27.3 Å². The molecule has 0 aliphatic heterocycles. The van der Waals surface area contributed by atoms with Gasteiger partial charge in [-0.3, -0.25) is 0 Å². The lowest BCUT2D eigenvalue weighted by atomic mass is 10.2. The summed E-state index contributed by atoms with van der Waals surface area (Å²) in [7, 11) is 0. The summed E-state index contributed by atoms with van der Waals surface area (Å²) in [5, 5.41) is 9.61. The zero-order chi connectivity index (χ0) is 13.0. The van der Waals surface area contributed by atoms with Gasteiger partial charge in [-0.15, -0.1) is 11.3 Å². The molecule has 0 aliphatic rings. The Labute approximate surface area is 118 Å². The predicted octanol–water partition coefficient (Wildman–Crippen LogP) is 4.04. The van der Waals surface area contributed by atoms with Crippen LogP contribution in [0.3, 0.4) is 0 Å². The van der Waals surface area contributed by atoms with Gasteiger partial charge in [-0.05, 0) is 47.1 Å². The fraction of sp³-hybridized carbons (Fsp3) is 0.231. The lowest BCUT2D eigenvalue weighted by Crippen LogP contribution is -1.90. The minimum atomic E-state index is 0.327. The molecule has 0 spiro atoms. The van der Waals surface area contributed by atoms with Gasteiger partial charge < -0.3 is 4.74 Å². The topological polar surface area (TPSA) is 45.9 Å². The van der Waals surface area contributed by atoms with Crippen LogP contribution in [0.25, 0.3) is 10.6 Å². The molecule has 2 aromatic rings. The van der Waals surface area contributed by atoms with E-state index >= 15 is 0 Å².